The van der Waals surface area contributed by atoms with Crippen molar-refractivity contribution in [1.82, 2.24) is 25.4 Å². The van der Waals surface area contributed by atoms with E-state index in [4.69, 9.17) is 16.3 Å². The number of benzene rings is 1. The molecule has 1 saturated carbocycles. The minimum Gasteiger partial charge on any atom is -0.379 e. The van der Waals surface area contributed by atoms with Gasteiger partial charge in [0.15, 0.2) is 6.29 Å². The van der Waals surface area contributed by atoms with E-state index in [0.717, 1.165) is 76.4 Å². The first-order valence-corrected chi connectivity index (χ1v) is 13.7. The molecule has 0 radical (unpaired) electrons. The third-order valence-corrected chi connectivity index (χ3v) is 8.17. The Balaban J connectivity index is 1.17. The molecule has 3 fully saturated rings. The first kappa shape index (κ1) is 25.3. The van der Waals surface area contributed by atoms with Gasteiger partial charge in [-0.1, -0.05) is 42.6 Å². The van der Waals surface area contributed by atoms with Gasteiger partial charge in [0.2, 0.25) is 11.8 Å². The number of amides is 2. The fourth-order valence-corrected chi connectivity index (χ4v) is 6.08. The molecule has 2 N–H and O–H groups in total. The number of rotatable bonds is 9. The van der Waals surface area contributed by atoms with E-state index < -0.39 is 0 Å². The molecular weight excluding hydrogens is 480 g/mol. The highest BCUT2D eigenvalue weighted by atomic mass is 35.5. The molecule has 3 unspecified atom stereocenters. The lowest BCUT2D eigenvalue weighted by Crippen LogP contribution is -2.67. The van der Waals surface area contributed by atoms with Crippen molar-refractivity contribution in [2.75, 3.05) is 39.4 Å². The van der Waals surface area contributed by atoms with E-state index in [1.54, 1.807) is 0 Å². The Morgan fingerprint density at radius 2 is 2.00 bits per heavy atom. The maximum Gasteiger partial charge on any atom is 0.231 e. The molecule has 1 aliphatic carbocycles. The summed E-state index contributed by atoms with van der Waals surface area (Å²) in [4.78, 5) is 32.6. The highest BCUT2D eigenvalue weighted by molar-refractivity contribution is 6.31. The van der Waals surface area contributed by atoms with Crippen LogP contribution in [0.3, 0.4) is 0 Å². The maximum absolute atomic E-state index is 13.5. The van der Waals surface area contributed by atoms with Gasteiger partial charge in [0.25, 0.3) is 0 Å². The molecule has 3 heterocycles. The monoisotopic (exact) mass is 516 g/mol. The highest BCUT2D eigenvalue weighted by Gasteiger charge is 2.50. The van der Waals surface area contributed by atoms with Gasteiger partial charge >= 0.3 is 0 Å². The smallest absolute Gasteiger partial charge is 0.231 e. The molecule has 9 nitrogen and oxygen atoms in total. The fourth-order valence-electron chi connectivity index (χ4n) is 5.88. The minimum atomic E-state index is -0.334. The second-order valence-electron chi connectivity index (χ2n) is 10.1. The summed E-state index contributed by atoms with van der Waals surface area (Å²) in [7, 11) is 0. The largest absolute Gasteiger partial charge is 0.379 e. The highest BCUT2D eigenvalue weighted by Crippen LogP contribution is 2.38. The van der Waals surface area contributed by atoms with Gasteiger partial charge < -0.3 is 15.0 Å². The lowest BCUT2D eigenvalue weighted by Gasteiger charge is -2.50. The number of nitrogens with one attached hydrogen (secondary N) is 2. The molecule has 3 atom stereocenters. The van der Waals surface area contributed by atoms with Crippen LogP contribution in [0.15, 0.2) is 29.4 Å². The molecule has 2 saturated heterocycles. The van der Waals surface area contributed by atoms with Crippen molar-refractivity contribution in [3.05, 3.63) is 34.9 Å². The predicted octanol–water partition coefficient (Wildman–Crippen LogP) is 2.36. The Bertz CT molecular complexity index is 969. The standard InChI is InChI=1S/C26H37ClN6O3/c27-21-8-3-1-6-19(21)18-32-25(35)20-7-2-4-9-22(20)33-23(29-30-26(32)33)10-11-24(34)28-12-5-13-31-14-16-36-17-15-31/h1,3,6,8,20,22,26,30H,2,4-5,7,9-18H2,(H,28,34). The van der Waals surface area contributed by atoms with Gasteiger partial charge in [0, 0.05) is 43.5 Å². The SMILES string of the molecule is O=C(CCC1=NNC2N(Cc3ccccc3Cl)C(=O)C3CCCCC3N12)NCCCN1CCOCC1. The van der Waals surface area contributed by atoms with Crippen LogP contribution in [-0.4, -0.2) is 84.1 Å². The quantitative estimate of drug-likeness (QED) is 0.490. The number of fused-ring (bicyclic) bond motifs is 3. The zero-order chi connectivity index (χ0) is 24.9. The van der Waals surface area contributed by atoms with Crippen molar-refractivity contribution >= 4 is 29.3 Å². The van der Waals surface area contributed by atoms with E-state index in [9.17, 15) is 9.59 Å². The molecule has 0 bridgehead atoms. The number of hydrogen-bond acceptors (Lipinski definition) is 7. The van der Waals surface area contributed by atoms with Crippen LogP contribution in [0.4, 0.5) is 0 Å². The van der Waals surface area contributed by atoms with Gasteiger partial charge in [0.05, 0.1) is 25.7 Å². The van der Waals surface area contributed by atoms with Crippen LogP contribution in [0.5, 0.6) is 0 Å². The van der Waals surface area contributed by atoms with Gasteiger partial charge in [-0.3, -0.25) is 24.8 Å². The molecule has 196 valence electrons. The van der Waals surface area contributed by atoms with Crippen molar-refractivity contribution in [1.29, 1.82) is 0 Å². The van der Waals surface area contributed by atoms with Crippen molar-refractivity contribution < 1.29 is 14.3 Å². The Labute approximate surface area is 218 Å². The summed E-state index contributed by atoms with van der Waals surface area (Å²) in [6.45, 7) is 5.62. The Morgan fingerprint density at radius 3 is 2.83 bits per heavy atom. The summed E-state index contributed by atoms with van der Waals surface area (Å²) >= 11 is 6.43. The molecule has 2 amide bonds. The minimum absolute atomic E-state index is 0.0448. The predicted molar refractivity (Wildman–Crippen MR) is 138 cm³/mol. The third-order valence-electron chi connectivity index (χ3n) is 7.80. The number of hydrazone groups is 1. The van der Waals surface area contributed by atoms with E-state index in [1.165, 1.54) is 0 Å². The van der Waals surface area contributed by atoms with Crippen molar-refractivity contribution in [2.24, 2.45) is 11.0 Å². The summed E-state index contributed by atoms with van der Waals surface area (Å²) in [6.07, 6.45) is 5.58. The molecule has 0 spiro atoms. The summed E-state index contributed by atoms with van der Waals surface area (Å²) < 4.78 is 5.38. The lowest BCUT2D eigenvalue weighted by molar-refractivity contribution is -0.156. The van der Waals surface area contributed by atoms with E-state index in [-0.39, 0.29) is 30.1 Å². The zero-order valence-electron chi connectivity index (χ0n) is 20.8. The van der Waals surface area contributed by atoms with Crippen LogP contribution in [0.25, 0.3) is 0 Å². The fraction of sp³-hybridized carbons (Fsp3) is 0.654. The average molecular weight is 517 g/mol. The molecule has 4 aliphatic rings. The van der Waals surface area contributed by atoms with E-state index in [2.05, 4.69) is 25.6 Å². The average Bonchev–Trinajstić information content (AvgIpc) is 3.33. The summed E-state index contributed by atoms with van der Waals surface area (Å²) in [5.74, 6) is 1.04. The van der Waals surface area contributed by atoms with Crippen molar-refractivity contribution in [3.8, 4) is 0 Å². The molecule has 3 aliphatic heterocycles. The topological polar surface area (TPSA) is 89.5 Å². The second-order valence-corrected chi connectivity index (χ2v) is 10.5. The van der Waals surface area contributed by atoms with Crippen LogP contribution in [0.2, 0.25) is 5.02 Å². The molecule has 36 heavy (non-hydrogen) atoms. The van der Waals surface area contributed by atoms with E-state index in [1.807, 2.05) is 29.2 Å². The number of amidine groups is 1. The molecule has 0 aromatic heterocycles. The van der Waals surface area contributed by atoms with Crippen LogP contribution >= 0.6 is 11.6 Å². The van der Waals surface area contributed by atoms with Gasteiger partial charge in [-0.05, 0) is 37.4 Å². The number of ether oxygens (including phenoxy) is 1. The van der Waals surface area contributed by atoms with Gasteiger partial charge in [-0.15, -0.1) is 0 Å². The van der Waals surface area contributed by atoms with E-state index >= 15 is 0 Å². The van der Waals surface area contributed by atoms with Gasteiger partial charge in [-0.2, -0.15) is 5.10 Å². The van der Waals surface area contributed by atoms with Crippen LogP contribution in [-0.2, 0) is 20.9 Å². The number of carbonyl (C=O) groups is 2. The Kier molecular flexibility index (Phi) is 8.29. The van der Waals surface area contributed by atoms with Crippen LogP contribution in [0, 0.1) is 5.92 Å². The number of hydrogen-bond donors (Lipinski definition) is 2. The van der Waals surface area contributed by atoms with Crippen LogP contribution in [0.1, 0.15) is 50.5 Å². The van der Waals surface area contributed by atoms with Gasteiger partial charge in [-0.25, -0.2) is 0 Å². The van der Waals surface area contributed by atoms with Crippen LogP contribution < -0.4 is 10.7 Å². The number of halogens is 1. The normalized spacial score (nSPS) is 26.2. The molecule has 1 aromatic rings. The molecular formula is C26H37ClN6O3. The maximum atomic E-state index is 13.5. The number of morpholine rings is 1. The number of nitrogens with zero attached hydrogens (tertiary/aromatic N) is 4. The van der Waals surface area contributed by atoms with E-state index in [0.29, 0.717) is 31.0 Å². The molecule has 5 rings (SSSR count). The Hall–Kier alpha value is -2.36. The number of carbonyl (C=O) groups excluding carboxylic acids is 2. The molecule has 1 aromatic carbocycles. The zero-order valence-corrected chi connectivity index (χ0v) is 21.6. The lowest BCUT2D eigenvalue weighted by atomic mass is 9.80. The first-order valence-electron chi connectivity index (χ1n) is 13.3. The van der Waals surface area contributed by atoms with Crippen molar-refractivity contribution in [3.63, 3.8) is 0 Å². The summed E-state index contributed by atoms with van der Waals surface area (Å²) in [6, 6.07) is 7.79. The Morgan fingerprint density at radius 1 is 1.19 bits per heavy atom. The second kappa shape index (κ2) is 11.8. The van der Waals surface area contributed by atoms with Crippen molar-refractivity contribution in [2.45, 2.75) is 63.8 Å². The first-order chi connectivity index (χ1) is 17.6. The summed E-state index contributed by atoms with van der Waals surface area (Å²) in [5, 5.41) is 8.34. The molecule has 10 heteroatoms. The third kappa shape index (κ3) is 5.63. The summed E-state index contributed by atoms with van der Waals surface area (Å²) in [5.41, 5.74) is 4.13. The van der Waals surface area contributed by atoms with Gasteiger partial charge in [0.1, 0.15) is 5.84 Å².